The van der Waals surface area contributed by atoms with Gasteiger partial charge in [-0.05, 0) is 46.5 Å². The maximum Gasteiger partial charge on any atom is 4.00 e. The topological polar surface area (TPSA) is 13.0 Å². The summed E-state index contributed by atoms with van der Waals surface area (Å²) in [7, 11) is 0. The van der Waals surface area contributed by atoms with Crippen molar-refractivity contribution < 1.29 is 21.1 Å². The molecule has 63 heavy (non-hydrogen) atoms. The van der Waals surface area contributed by atoms with Crippen molar-refractivity contribution in [3.63, 3.8) is 0 Å². The van der Waals surface area contributed by atoms with Gasteiger partial charge >= 0.3 is 21.1 Å². The molecule has 0 saturated carbocycles. The molecule has 2 aliphatic heterocycles. The third-order valence-electron chi connectivity index (χ3n) is 11.4. The van der Waals surface area contributed by atoms with Crippen molar-refractivity contribution >= 4 is 45.5 Å². The Labute approximate surface area is 385 Å². The number of nitrogens with zero attached hydrogens (tertiary/aromatic N) is 4. The molecule has 0 N–H and O–H groups in total. The second-order valence-corrected chi connectivity index (χ2v) is 15.0. The van der Waals surface area contributed by atoms with Gasteiger partial charge in [0.2, 0.25) is 0 Å². The molecule has 4 nitrogen and oxygen atoms in total. The number of benzene rings is 9. The molecule has 0 spiro atoms. The Balaban J connectivity index is 0.00000166. The number of anilines is 8. The summed E-state index contributed by atoms with van der Waals surface area (Å²) in [6.07, 6.45) is 9.00. The van der Waals surface area contributed by atoms with Crippen LogP contribution < -0.4 is 19.6 Å². The molecule has 0 fully saturated rings. The van der Waals surface area contributed by atoms with Crippen LogP contribution in [0.4, 0.5) is 45.5 Å². The van der Waals surface area contributed by atoms with Gasteiger partial charge in [0.15, 0.2) is 0 Å². The van der Waals surface area contributed by atoms with Gasteiger partial charge in [-0.3, -0.25) is 0 Å². The van der Waals surface area contributed by atoms with Crippen molar-refractivity contribution in [3.05, 3.63) is 250 Å². The quantitative estimate of drug-likeness (QED) is 0.111. The maximum absolute atomic E-state index is 5.25. The molecular weight excluding hydrogens is 948 g/mol. The zero-order chi connectivity index (χ0) is 41.8. The molecule has 9 aromatic carbocycles. The molecule has 0 saturated heterocycles. The minimum Gasteiger partial charge on any atom is -0.697 e. The third kappa shape index (κ3) is 7.59. The predicted molar refractivity (Wildman–Crippen MR) is 258 cm³/mol. The van der Waals surface area contributed by atoms with E-state index in [4.69, 9.17) is 6.42 Å². The molecule has 302 valence electrons. The normalized spacial score (nSPS) is 12.5. The van der Waals surface area contributed by atoms with Crippen LogP contribution in [0.2, 0.25) is 0 Å². The Morgan fingerprint density at radius 1 is 0.302 bits per heavy atom. The molecule has 5 heteroatoms. The van der Waals surface area contributed by atoms with Crippen LogP contribution in [0.15, 0.2) is 224 Å². The van der Waals surface area contributed by atoms with Gasteiger partial charge in [0, 0.05) is 56.4 Å². The molecule has 11 rings (SSSR count). The first kappa shape index (κ1) is 40.8. The first-order valence-corrected chi connectivity index (χ1v) is 20.6. The molecule has 2 heterocycles. The molecule has 0 aromatic heterocycles. The van der Waals surface area contributed by atoms with Gasteiger partial charge < -0.3 is 32.4 Å². The summed E-state index contributed by atoms with van der Waals surface area (Å²) in [6.45, 7) is 4.45. The zero-order valence-corrected chi connectivity index (χ0v) is 36.5. The van der Waals surface area contributed by atoms with E-state index in [0.29, 0.717) is 0 Å². The number of terminal acetylenes is 1. The summed E-state index contributed by atoms with van der Waals surface area (Å²) < 4.78 is 0. The van der Waals surface area contributed by atoms with Crippen molar-refractivity contribution in [2.45, 2.75) is 0 Å². The first-order valence-electron chi connectivity index (χ1n) is 20.6. The second-order valence-electron chi connectivity index (χ2n) is 15.0. The van der Waals surface area contributed by atoms with E-state index in [9.17, 15) is 0 Å². The van der Waals surface area contributed by atoms with E-state index in [0.717, 1.165) is 67.8 Å². The first-order chi connectivity index (χ1) is 30.8. The van der Waals surface area contributed by atoms with Crippen molar-refractivity contribution in [2.75, 3.05) is 19.6 Å². The number of para-hydroxylation sites is 6. The Morgan fingerprint density at radius 2 is 0.556 bits per heavy atom. The van der Waals surface area contributed by atoms with Crippen LogP contribution >= 0.6 is 0 Å². The molecule has 0 radical (unpaired) electrons. The minimum atomic E-state index is 0. The molecule has 0 unspecified atom stereocenters. The monoisotopic (exact) mass is 987 g/mol. The van der Waals surface area contributed by atoms with Gasteiger partial charge in [-0.1, -0.05) is 182 Å². The Kier molecular flexibility index (Phi) is 11.8. The van der Waals surface area contributed by atoms with Crippen LogP contribution in [-0.4, -0.2) is 0 Å². The van der Waals surface area contributed by atoms with Crippen molar-refractivity contribution in [3.8, 4) is 50.9 Å². The second kappa shape index (κ2) is 18.2. The van der Waals surface area contributed by atoms with Crippen LogP contribution in [-0.2, 0) is 21.1 Å². The smallest absolute Gasteiger partial charge is 0.697 e. The van der Waals surface area contributed by atoms with E-state index in [1.54, 1.807) is 0 Å². The molecule has 9 aromatic rings. The molecule has 2 aliphatic rings. The van der Waals surface area contributed by atoms with Gasteiger partial charge in [0.05, 0.1) is 0 Å². The van der Waals surface area contributed by atoms with E-state index >= 15 is 0 Å². The summed E-state index contributed by atoms with van der Waals surface area (Å²) >= 11 is 0. The summed E-state index contributed by atoms with van der Waals surface area (Å²) in [4.78, 5) is 9.25. The summed E-state index contributed by atoms with van der Waals surface area (Å²) in [6, 6.07) is 83.6. The fraction of sp³-hybridized carbons (Fsp3) is 0. The standard InChI is InChI=1S/C56H39N4.C2H.Pt/c1-5-20-41(21-6-1)47-30-18-31-48(42-22-7-2-8-23-42)55(47)59-39-57(51-34-13-15-36-53(51)59)45-28-17-29-46(38-45)58-40-60(54-37-16-14-35-52(54)58)56-49(43-24-9-3-10-25-43)32-19-33-50(56)44-26-11-4-12-27-44;1-2;/h1-37,39-40H;1H;/q-3;-1;+4. The Hall–Kier alpha value is -7.57. The number of fused-ring (bicyclic) bond motifs is 2. The average molecular weight is 988 g/mol. The van der Waals surface area contributed by atoms with E-state index < -0.39 is 0 Å². The van der Waals surface area contributed by atoms with E-state index in [2.05, 4.69) is 270 Å². The zero-order valence-electron chi connectivity index (χ0n) is 34.2. The van der Waals surface area contributed by atoms with Crippen LogP contribution in [0, 0.1) is 32.3 Å². The van der Waals surface area contributed by atoms with Crippen LogP contribution in [0.25, 0.3) is 44.5 Å². The van der Waals surface area contributed by atoms with Crippen molar-refractivity contribution in [1.29, 1.82) is 0 Å². The van der Waals surface area contributed by atoms with E-state index in [1.165, 1.54) is 22.3 Å². The molecule has 0 bridgehead atoms. The molecule has 0 amide bonds. The van der Waals surface area contributed by atoms with Gasteiger partial charge in [-0.25, -0.2) is 0 Å². The van der Waals surface area contributed by atoms with Crippen molar-refractivity contribution in [2.24, 2.45) is 0 Å². The van der Waals surface area contributed by atoms with Gasteiger partial charge in [0.25, 0.3) is 0 Å². The summed E-state index contributed by atoms with van der Waals surface area (Å²) in [5.41, 5.74) is 17.9. The van der Waals surface area contributed by atoms with E-state index in [-0.39, 0.29) is 21.1 Å². The van der Waals surface area contributed by atoms with Crippen molar-refractivity contribution in [1.82, 2.24) is 0 Å². The number of hydrogen-bond acceptors (Lipinski definition) is 4. The fourth-order valence-corrected chi connectivity index (χ4v) is 8.70. The van der Waals surface area contributed by atoms with Crippen LogP contribution in [0.3, 0.4) is 0 Å². The Morgan fingerprint density at radius 3 is 0.857 bits per heavy atom. The van der Waals surface area contributed by atoms with Gasteiger partial charge in [-0.2, -0.15) is 6.07 Å². The summed E-state index contributed by atoms with van der Waals surface area (Å²) in [5.74, 6) is 0. The number of hydrogen-bond donors (Lipinski definition) is 0. The minimum absolute atomic E-state index is 0. The van der Waals surface area contributed by atoms with Crippen LogP contribution in [0.5, 0.6) is 0 Å². The number of rotatable bonds is 8. The summed E-state index contributed by atoms with van der Waals surface area (Å²) in [5, 5.41) is 0. The fourth-order valence-electron chi connectivity index (χ4n) is 8.70. The predicted octanol–water partition coefficient (Wildman–Crippen LogP) is 15.2. The van der Waals surface area contributed by atoms with E-state index in [1.807, 2.05) is 0 Å². The van der Waals surface area contributed by atoms with Gasteiger partial charge in [-0.15, -0.1) is 42.9 Å². The molecule has 0 atom stereocenters. The molecule has 0 aliphatic carbocycles. The maximum atomic E-state index is 5.25. The SMILES string of the molecule is [C-]#C.[Pt+4].[c-]1c(N2[CH-]N(c3c(-c4ccccc4)cccc3-c3ccccc3)c3ccccc32)cccc1N1[CH-]N(c2c(-c3ccccc3)cccc2-c2ccccc2)c2ccccc21. The largest absolute Gasteiger partial charge is 4.00 e. The Bertz CT molecular complexity index is 2690. The average Bonchev–Trinajstić information content (AvgIpc) is 3.95. The van der Waals surface area contributed by atoms with Crippen LogP contribution in [0.1, 0.15) is 0 Å². The van der Waals surface area contributed by atoms with Gasteiger partial charge in [0.1, 0.15) is 0 Å². The third-order valence-corrected chi connectivity index (χ3v) is 11.4. The molecular formula is C58H40N4Pt.